The van der Waals surface area contributed by atoms with E-state index < -0.39 is 0 Å². The zero-order valence-electron chi connectivity index (χ0n) is 9.40. The Kier molecular flexibility index (Phi) is 2.76. The van der Waals surface area contributed by atoms with Gasteiger partial charge in [0, 0.05) is 11.8 Å². The lowest BCUT2D eigenvalue weighted by atomic mass is 10.1. The maximum Gasteiger partial charge on any atom is 0.254 e. The minimum absolute atomic E-state index is 0.0281. The Hall–Kier alpha value is -1.49. The minimum atomic E-state index is 0.0281. The molecule has 0 spiro atoms. The van der Waals surface area contributed by atoms with Gasteiger partial charge in [-0.1, -0.05) is 6.42 Å². The molecule has 1 aliphatic rings. The molecule has 3 rings (SSSR count). The third-order valence-electron chi connectivity index (χ3n) is 3.11. The van der Waals surface area contributed by atoms with Crippen LogP contribution in [0.4, 0.5) is 0 Å². The van der Waals surface area contributed by atoms with E-state index >= 15 is 0 Å². The van der Waals surface area contributed by atoms with Crippen LogP contribution in [0.2, 0.25) is 0 Å². The van der Waals surface area contributed by atoms with Crippen LogP contribution in [0.15, 0.2) is 16.5 Å². The Morgan fingerprint density at radius 1 is 1.24 bits per heavy atom. The number of rotatable bonds is 1. The number of aryl methyl sites for hydroxylation is 1. The third-order valence-corrected chi connectivity index (χ3v) is 3.89. The van der Waals surface area contributed by atoms with Crippen LogP contribution < -0.4 is 5.56 Å². The molecule has 0 saturated carbocycles. The monoisotopic (exact) mass is 247 g/mol. The van der Waals surface area contributed by atoms with Gasteiger partial charge in [-0.25, -0.2) is 4.98 Å². The molecule has 0 aliphatic heterocycles. The number of fused-ring (bicyclic) bond motifs is 1. The van der Waals surface area contributed by atoms with Crippen LogP contribution in [-0.2, 0) is 12.8 Å². The summed E-state index contributed by atoms with van der Waals surface area (Å²) in [5.41, 5.74) is 3.65. The van der Waals surface area contributed by atoms with Crippen molar-refractivity contribution in [3.63, 3.8) is 0 Å². The maximum atomic E-state index is 12.0. The van der Waals surface area contributed by atoms with Gasteiger partial charge in [0.15, 0.2) is 5.82 Å². The van der Waals surface area contributed by atoms with Crippen molar-refractivity contribution in [1.82, 2.24) is 15.0 Å². The minimum Gasteiger partial charge on any atom is -0.306 e. The molecule has 0 saturated heterocycles. The lowest BCUT2D eigenvalue weighted by molar-refractivity contribution is 0.708. The highest BCUT2D eigenvalue weighted by molar-refractivity contribution is 7.13. The van der Waals surface area contributed by atoms with Gasteiger partial charge in [0.25, 0.3) is 5.56 Å². The Morgan fingerprint density at radius 3 is 2.94 bits per heavy atom. The topological polar surface area (TPSA) is 58.6 Å². The van der Waals surface area contributed by atoms with Crippen LogP contribution in [0.1, 0.15) is 30.5 Å². The van der Waals surface area contributed by atoms with Crippen LogP contribution in [0.3, 0.4) is 0 Å². The number of nitrogens with zero attached hydrogens (tertiary/aromatic N) is 2. The van der Waals surface area contributed by atoms with E-state index in [-0.39, 0.29) is 5.56 Å². The predicted octanol–water partition coefficient (Wildman–Crippen LogP) is 2.16. The quantitative estimate of drug-likeness (QED) is 0.786. The highest BCUT2D eigenvalue weighted by Crippen LogP contribution is 2.21. The molecule has 2 aromatic heterocycles. The SMILES string of the molecule is O=c1[nH]c(-c2cncs2)nc2c1CCCCC2. The smallest absolute Gasteiger partial charge is 0.254 e. The number of H-pyrrole nitrogens is 1. The molecule has 2 aromatic rings. The number of aromatic amines is 1. The molecule has 1 N–H and O–H groups in total. The summed E-state index contributed by atoms with van der Waals surface area (Å²) in [5.74, 6) is 0.665. The second-order valence-electron chi connectivity index (χ2n) is 4.27. The number of nitrogens with one attached hydrogen (secondary N) is 1. The van der Waals surface area contributed by atoms with Crippen molar-refractivity contribution in [1.29, 1.82) is 0 Å². The van der Waals surface area contributed by atoms with Gasteiger partial charge < -0.3 is 4.98 Å². The van der Waals surface area contributed by atoms with Crippen molar-refractivity contribution in [3.05, 3.63) is 33.3 Å². The zero-order valence-corrected chi connectivity index (χ0v) is 10.2. The van der Waals surface area contributed by atoms with Crippen LogP contribution in [-0.4, -0.2) is 15.0 Å². The van der Waals surface area contributed by atoms with Gasteiger partial charge in [-0.3, -0.25) is 9.78 Å². The van der Waals surface area contributed by atoms with E-state index in [2.05, 4.69) is 15.0 Å². The van der Waals surface area contributed by atoms with E-state index in [1.807, 2.05) is 0 Å². The zero-order chi connectivity index (χ0) is 11.7. The molecule has 0 aromatic carbocycles. The van der Waals surface area contributed by atoms with Crippen molar-refractivity contribution in [2.75, 3.05) is 0 Å². The fourth-order valence-corrected chi connectivity index (χ4v) is 2.79. The molecule has 4 nitrogen and oxygen atoms in total. The van der Waals surface area contributed by atoms with Crippen LogP contribution in [0.5, 0.6) is 0 Å². The van der Waals surface area contributed by atoms with Crippen LogP contribution >= 0.6 is 11.3 Å². The summed E-state index contributed by atoms with van der Waals surface area (Å²) in [6.07, 6.45) is 6.94. The third kappa shape index (κ3) is 2.02. The number of thiazole rings is 1. The highest BCUT2D eigenvalue weighted by Gasteiger charge is 2.15. The summed E-state index contributed by atoms with van der Waals surface area (Å²) in [7, 11) is 0. The highest BCUT2D eigenvalue weighted by atomic mass is 32.1. The summed E-state index contributed by atoms with van der Waals surface area (Å²) in [5, 5.41) is 0. The van der Waals surface area contributed by atoms with Gasteiger partial charge in [-0.15, -0.1) is 11.3 Å². The average molecular weight is 247 g/mol. The first kappa shape index (κ1) is 10.7. The molecular formula is C12H13N3OS. The molecule has 1 aliphatic carbocycles. The Labute approximate surface area is 103 Å². The Morgan fingerprint density at radius 2 is 2.12 bits per heavy atom. The first-order valence-electron chi connectivity index (χ1n) is 5.85. The summed E-state index contributed by atoms with van der Waals surface area (Å²) in [4.78, 5) is 24.4. The Balaban J connectivity index is 2.12. The van der Waals surface area contributed by atoms with E-state index in [9.17, 15) is 4.79 Å². The van der Waals surface area contributed by atoms with E-state index in [0.717, 1.165) is 41.8 Å². The largest absolute Gasteiger partial charge is 0.306 e. The average Bonchev–Trinajstić information content (AvgIpc) is 2.75. The molecule has 0 amide bonds. The molecule has 17 heavy (non-hydrogen) atoms. The van der Waals surface area contributed by atoms with Gasteiger partial charge in [-0.2, -0.15) is 0 Å². The van der Waals surface area contributed by atoms with Crippen LogP contribution in [0.25, 0.3) is 10.7 Å². The van der Waals surface area contributed by atoms with Crippen molar-refractivity contribution < 1.29 is 0 Å². The van der Waals surface area contributed by atoms with E-state index in [0.29, 0.717) is 5.82 Å². The number of aromatic nitrogens is 3. The molecule has 88 valence electrons. The normalized spacial score (nSPS) is 15.3. The molecule has 5 heteroatoms. The molecule has 2 heterocycles. The van der Waals surface area contributed by atoms with Crippen LogP contribution in [0, 0.1) is 0 Å². The van der Waals surface area contributed by atoms with E-state index in [1.165, 1.54) is 17.8 Å². The van der Waals surface area contributed by atoms with Crippen molar-refractivity contribution in [3.8, 4) is 10.7 Å². The van der Waals surface area contributed by atoms with Gasteiger partial charge in [0.05, 0.1) is 16.1 Å². The van der Waals surface area contributed by atoms with Crippen molar-refractivity contribution in [2.45, 2.75) is 32.1 Å². The van der Waals surface area contributed by atoms with Gasteiger partial charge in [-0.05, 0) is 25.7 Å². The molecule has 0 bridgehead atoms. The lowest BCUT2D eigenvalue weighted by Crippen LogP contribution is -2.17. The molecular weight excluding hydrogens is 234 g/mol. The first-order valence-corrected chi connectivity index (χ1v) is 6.73. The summed E-state index contributed by atoms with van der Waals surface area (Å²) < 4.78 is 0. The van der Waals surface area contributed by atoms with Gasteiger partial charge in [0.2, 0.25) is 0 Å². The fraction of sp³-hybridized carbons (Fsp3) is 0.417. The van der Waals surface area contributed by atoms with Crippen molar-refractivity contribution in [2.24, 2.45) is 0 Å². The molecule has 0 atom stereocenters. The van der Waals surface area contributed by atoms with Gasteiger partial charge >= 0.3 is 0 Å². The molecule has 0 radical (unpaired) electrons. The number of hydrogen-bond donors (Lipinski definition) is 1. The summed E-state index contributed by atoms with van der Waals surface area (Å²) in [6.45, 7) is 0. The second-order valence-corrected chi connectivity index (χ2v) is 5.15. The maximum absolute atomic E-state index is 12.0. The second kappa shape index (κ2) is 4.41. The van der Waals surface area contributed by atoms with Crippen molar-refractivity contribution >= 4 is 11.3 Å². The standard InChI is InChI=1S/C12H13N3OS/c16-12-8-4-2-1-3-5-9(8)14-11(15-12)10-6-13-7-17-10/h6-7H,1-5H2,(H,14,15,16). The fourth-order valence-electron chi connectivity index (χ4n) is 2.23. The summed E-state index contributed by atoms with van der Waals surface area (Å²) in [6, 6.07) is 0. The lowest BCUT2D eigenvalue weighted by Gasteiger charge is -2.05. The molecule has 0 unspecified atom stereocenters. The van der Waals surface area contributed by atoms with Gasteiger partial charge in [0.1, 0.15) is 0 Å². The number of hydrogen-bond acceptors (Lipinski definition) is 4. The van der Waals surface area contributed by atoms with E-state index in [1.54, 1.807) is 11.7 Å². The molecule has 0 fully saturated rings. The Bertz CT molecular complexity index is 574. The summed E-state index contributed by atoms with van der Waals surface area (Å²) >= 11 is 1.50. The predicted molar refractivity (Wildman–Crippen MR) is 67.2 cm³/mol. The van der Waals surface area contributed by atoms with E-state index in [4.69, 9.17) is 0 Å². The first-order chi connectivity index (χ1) is 8.34.